The number of amidine groups is 1. The van der Waals surface area contributed by atoms with Crippen molar-refractivity contribution in [3.8, 4) is 0 Å². The maximum absolute atomic E-state index is 8.53. The molecular formula is C10H12N6OS. The summed E-state index contributed by atoms with van der Waals surface area (Å²) in [5.74, 6) is 0.833. The smallest absolute Gasteiger partial charge is 0.195 e. The first-order valence-corrected chi connectivity index (χ1v) is 5.91. The Labute approximate surface area is 108 Å². The largest absolute Gasteiger partial charge is 0.409 e. The average Bonchev–Trinajstić information content (AvgIpc) is 2.71. The molecule has 18 heavy (non-hydrogen) atoms. The van der Waals surface area contributed by atoms with Gasteiger partial charge in [0.25, 0.3) is 0 Å². The predicted molar refractivity (Wildman–Crippen MR) is 66.6 cm³/mol. The third kappa shape index (κ3) is 2.43. The van der Waals surface area contributed by atoms with Crippen molar-refractivity contribution >= 4 is 17.6 Å². The van der Waals surface area contributed by atoms with Crippen molar-refractivity contribution in [3.63, 3.8) is 0 Å². The Morgan fingerprint density at radius 2 is 2.22 bits per heavy atom. The van der Waals surface area contributed by atoms with E-state index in [1.54, 1.807) is 12.3 Å². The molecule has 0 bridgehead atoms. The molecule has 0 saturated heterocycles. The third-order valence-electron chi connectivity index (χ3n) is 2.37. The summed E-state index contributed by atoms with van der Waals surface area (Å²) in [5.41, 5.74) is 5.86. The molecule has 3 N–H and O–H groups in total. The van der Waals surface area contributed by atoms with Crippen molar-refractivity contribution in [1.82, 2.24) is 19.7 Å². The van der Waals surface area contributed by atoms with Crippen molar-refractivity contribution < 1.29 is 5.21 Å². The van der Waals surface area contributed by atoms with Crippen LogP contribution in [0.3, 0.4) is 0 Å². The summed E-state index contributed by atoms with van der Waals surface area (Å²) in [6, 6.07) is 3.51. The van der Waals surface area contributed by atoms with Crippen LogP contribution in [-0.2, 0) is 7.05 Å². The fourth-order valence-corrected chi connectivity index (χ4v) is 2.03. The fourth-order valence-electron chi connectivity index (χ4n) is 1.23. The zero-order valence-corrected chi connectivity index (χ0v) is 10.7. The summed E-state index contributed by atoms with van der Waals surface area (Å²) in [7, 11) is 1.90. The van der Waals surface area contributed by atoms with Crippen LogP contribution in [0.15, 0.2) is 33.5 Å². The second-order valence-corrected chi connectivity index (χ2v) is 4.60. The maximum Gasteiger partial charge on any atom is 0.195 e. The van der Waals surface area contributed by atoms with Crippen LogP contribution in [-0.4, -0.2) is 30.8 Å². The number of pyridine rings is 1. The van der Waals surface area contributed by atoms with Gasteiger partial charge in [0.2, 0.25) is 0 Å². The topological polar surface area (TPSA) is 102 Å². The van der Waals surface area contributed by atoms with Crippen molar-refractivity contribution in [1.29, 1.82) is 0 Å². The van der Waals surface area contributed by atoms with E-state index in [2.05, 4.69) is 20.3 Å². The number of nitrogens with two attached hydrogens (primary N) is 1. The van der Waals surface area contributed by atoms with Gasteiger partial charge < -0.3 is 15.5 Å². The Kier molecular flexibility index (Phi) is 3.47. The van der Waals surface area contributed by atoms with Crippen molar-refractivity contribution in [3.05, 3.63) is 29.8 Å². The molecule has 7 nitrogen and oxygen atoms in total. The SMILES string of the molecule is Cc1nnc(Sc2ccc(/C(N)=N/O)nc2)n1C. The fraction of sp³-hybridized carbons (Fsp3) is 0.200. The molecule has 0 atom stereocenters. The molecule has 0 aromatic carbocycles. The Morgan fingerprint density at radius 1 is 1.44 bits per heavy atom. The monoisotopic (exact) mass is 264 g/mol. The third-order valence-corrected chi connectivity index (χ3v) is 3.38. The summed E-state index contributed by atoms with van der Waals surface area (Å²) >= 11 is 1.45. The van der Waals surface area contributed by atoms with Gasteiger partial charge in [0.1, 0.15) is 11.5 Å². The highest BCUT2D eigenvalue weighted by molar-refractivity contribution is 7.99. The summed E-state index contributed by atoms with van der Waals surface area (Å²) in [6.45, 7) is 1.89. The summed E-state index contributed by atoms with van der Waals surface area (Å²) < 4.78 is 1.89. The minimum Gasteiger partial charge on any atom is -0.409 e. The molecule has 2 rings (SSSR count). The van der Waals surface area contributed by atoms with E-state index >= 15 is 0 Å². The number of oxime groups is 1. The van der Waals surface area contributed by atoms with Crippen molar-refractivity contribution in [2.75, 3.05) is 0 Å². The molecular weight excluding hydrogens is 252 g/mol. The quantitative estimate of drug-likeness (QED) is 0.367. The first-order valence-electron chi connectivity index (χ1n) is 5.09. The first-order chi connectivity index (χ1) is 8.61. The van der Waals surface area contributed by atoms with Gasteiger partial charge in [0.15, 0.2) is 11.0 Å². The van der Waals surface area contributed by atoms with Gasteiger partial charge in [-0.3, -0.25) is 4.98 Å². The highest BCUT2D eigenvalue weighted by atomic mass is 32.2. The molecule has 8 heteroatoms. The molecule has 0 aliphatic heterocycles. The van der Waals surface area contributed by atoms with E-state index in [-0.39, 0.29) is 5.84 Å². The lowest BCUT2D eigenvalue weighted by Gasteiger charge is -2.02. The molecule has 0 saturated carbocycles. The lowest BCUT2D eigenvalue weighted by atomic mass is 10.3. The van der Waals surface area contributed by atoms with E-state index < -0.39 is 0 Å². The number of hydrogen-bond acceptors (Lipinski definition) is 6. The maximum atomic E-state index is 8.53. The van der Waals surface area contributed by atoms with E-state index in [4.69, 9.17) is 10.9 Å². The van der Waals surface area contributed by atoms with Crippen LogP contribution in [0, 0.1) is 6.92 Å². The number of rotatable bonds is 3. The molecule has 0 radical (unpaired) electrons. The van der Waals surface area contributed by atoms with E-state index in [1.165, 1.54) is 11.8 Å². The lowest BCUT2D eigenvalue weighted by Crippen LogP contribution is -2.14. The Balaban J connectivity index is 2.18. The second-order valence-electron chi connectivity index (χ2n) is 3.56. The second kappa shape index (κ2) is 5.05. The molecule has 0 unspecified atom stereocenters. The normalized spacial score (nSPS) is 11.8. The zero-order chi connectivity index (χ0) is 13.1. The highest BCUT2D eigenvalue weighted by Gasteiger charge is 2.08. The molecule has 94 valence electrons. The minimum atomic E-state index is -0.0129. The average molecular weight is 264 g/mol. The lowest BCUT2D eigenvalue weighted by molar-refractivity contribution is 0.318. The molecule has 0 fully saturated rings. The van der Waals surface area contributed by atoms with Gasteiger partial charge in [-0.1, -0.05) is 5.16 Å². The Morgan fingerprint density at radius 3 is 2.72 bits per heavy atom. The molecule has 0 aliphatic carbocycles. The Hall–Kier alpha value is -2.09. The van der Waals surface area contributed by atoms with E-state index in [0.717, 1.165) is 15.9 Å². The molecule has 2 heterocycles. The highest BCUT2D eigenvalue weighted by Crippen LogP contribution is 2.25. The van der Waals surface area contributed by atoms with Crippen LogP contribution in [0.4, 0.5) is 0 Å². The van der Waals surface area contributed by atoms with Gasteiger partial charge in [0.05, 0.1) is 0 Å². The molecule has 0 amide bonds. The Bertz CT molecular complexity index is 577. The van der Waals surface area contributed by atoms with Gasteiger partial charge in [-0.05, 0) is 30.8 Å². The number of hydrogen-bond donors (Lipinski definition) is 2. The summed E-state index contributed by atoms with van der Waals surface area (Å²) in [6.07, 6.45) is 1.64. The van der Waals surface area contributed by atoms with Crippen molar-refractivity contribution in [2.24, 2.45) is 17.9 Å². The van der Waals surface area contributed by atoms with Gasteiger partial charge in [-0.25, -0.2) is 0 Å². The number of nitrogens with zero attached hydrogens (tertiary/aromatic N) is 5. The molecule has 2 aromatic rings. The van der Waals surface area contributed by atoms with Crippen LogP contribution in [0.25, 0.3) is 0 Å². The van der Waals surface area contributed by atoms with Crippen LogP contribution in [0.5, 0.6) is 0 Å². The van der Waals surface area contributed by atoms with E-state index in [1.807, 2.05) is 24.6 Å². The summed E-state index contributed by atoms with van der Waals surface area (Å²) in [4.78, 5) is 4.99. The van der Waals surface area contributed by atoms with Gasteiger partial charge in [0, 0.05) is 18.1 Å². The van der Waals surface area contributed by atoms with Gasteiger partial charge in [-0.2, -0.15) is 0 Å². The number of aryl methyl sites for hydroxylation is 1. The summed E-state index contributed by atoms with van der Waals surface area (Å²) in [5, 5.41) is 20.2. The van der Waals surface area contributed by atoms with Gasteiger partial charge >= 0.3 is 0 Å². The molecule has 0 aliphatic rings. The van der Waals surface area contributed by atoms with Crippen LogP contribution in [0.1, 0.15) is 11.5 Å². The van der Waals surface area contributed by atoms with E-state index in [9.17, 15) is 0 Å². The van der Waals surface area contributed by atoms with Crippen molar-refractivity contribution in [2.45, 2.75) is 17.0 Å². The molecule has 0 spiro atoms. The molecule has 2 aromatic heterocycles. The van der Waals surface area contributed by atoms with Crippen LogP contribution in [0.2, 0.25) is 0 Å². The first kappa shape index (κ1) is 12.4. The number of aromatic nitrogens is 4. The predicted octanol–water partition coefficient (Wildman–Crippen LogP) is 0.764. The van der Waals surface area contributed by atoms with E-state index in [0.29, 0.717) is 5.69 Å². The standard InChI is InChI=1S/C10H12N6OS/c1-6-13-14-10(16(6)2)18-7-3-4-8(12-5-7)9(11)15-17/h3-5,17H,1-2H3,(H2,11,15). The van der Waals surface area contributed by atoms with Gasteiger partial charge in [-0.15, -0.1) is 10.2 Å². The van der Waals surface area contributed by atoms with Crippen LogP contribution < -0.4 is 5.73 Å². The van der Waals surface area contributed by atoms with Crippen LogP contribution >= 0.6 is 11.8 Å². The minimum absolute atomic E-state index is 0.0129. The zero-order valence-electron chi connectivity index (χ0n) is 9.90.